The fourth-order valence-corrected chi connectivity index (χ4v) is 2.09. The van der Waals surface area contributed by atoms with Gasteiger partial charge in [-0.05, 0) is 32.0 Å². The molecule has 0 aliphatic carbocycles. The molecule has 0 saturated heterocycles. The number of benzene rings is 1. The summed E-state index contributed by atoms with van der Waals surface area (Å²) >= 11 is 0. The van der Waals surface area contributed by atoms with Crippen molar-refractivity contribution >= 4 is 5.78 Å². The lowest BCUT2D eigenvalue weighted by atomic mass is 10.0. The van der Waals surface area contributed by atoms with E-state index >= 15 is 0 Å². The Bertz CT molecular complexity index is 647. The third kappa shape index (κ3) is 2.23. The van der Waals surface area contributed by atoms with Gasteiger partial charge < -0.3 is 4.74 Å². The van der Waals surface area contributed by atoms with Crippen molar-refractivity contribution in [1.82, 2.24) is 9.78 Å². The minimum absolute atomic E-state index is 0.210. The van der Waals surface area contributed by atoms with Gasteiger partial charge in [0.05, 0.1) is 23.9 Å². The molecule has 1 aromatic carbocycles. The van der Waals surface area contributed by atoms with Crippen LogP contribution >= 0.6 is 0 Å². The van der Waals surface area contributed by atoms with Crippen LogP contribution in [0.25, 0.3) is 0 Å². The highest BCUT2D eigenvalue weighted by Gasteiger charge is 2.22. The predicted molar refractivity (Wildman–Crippen MR) is 69.1 cm³/mol. The summed E-state index contributed by atoms with van der Waals surface area (Å²) in [4.78, 5) is 12.5. The van der Waals surface area contributed by atoms with E-state index in [1.54, 1.807) is 25.6 Å². The molecular weight excluding hydrogens is 247 g/mol. The Kier molecular flexibility index (Phi) is 3.38. The van der Waals surface area contributed by atoms with Crippen LogP contribution in [0.5, 0.6) is 5.75 Å². The smallest absolute Gasteiger partial charge is 0.200 e. The highest BCUT2D eigenvalue weighted by Crippen LogP contribution is 2.25. The number of rotatable bonds is 3. The van der Waals surface area contributed by atoms with Gasteiger partial charge in [0.2, 0.25) is 5.78 Å². The van der Waals surface area contributed by atoms with E-state index in [1.165, 1.54) is 25.3 Å². The zero-order valence-electron chi connectivity index (χ0n) is 11.3. The SMILES string of the molecule is COc1ccc(F)cc1C(=O)c1c(C)nn(C)c1C. The molecule has 0 amide bonds. The maximum Gasteiger partial charge on any atom is 0.200 e. The van der Waals surface area contributed by atoms with Gasteiger partial charge >= 0.3 is 0 Å². The fourth-order valence-electron chi connectivity index (χ4n) is 2.09. The Morgan fingerprint density at radius 1 is 1.37 bits per heavy atom. The largest absolute Gasteiger partial charge is 0.496 e. The van der Waals surface area contributed by atoms with Crippen molar-refractivity contribution in [2.75, 3.05) is 7.11 Å². The van der Waals surface area contributed by atoms with Crippen LogP contribution in [0.2, 0.25) is 0 Å². The van der Waals surface area contributed by atoms with E-state index in [-0.39, 0.29) is 11.3 Å². The van der Waals surface area contributed by atoms with Gasteiger partial charge in [-0.1, -0.05) is 0 Å². The molecule has 100 valence electrons. The topological polar surface area (TPSA) is 44.1 Å². The van der Waals surface area contributed by atoms with Gasteiger partial charge in [-0.25, -0.2) is 4.39 Å². The number of halogens is 1. The van der Waals surface area contributed by atoms with E-state index in [4.69, 9.17) is 4.74 Å². The van der Waals surface area contributed by atoms with E-state index < -0.39 is 5.82 Å². The molecule has 19 heavy (non-hydrogen) atoms. The maximum absolute atomic E-state index is 13.3. The summed E-state index contributed by atoms with van der Waals surface area (Å²) in [5.41, 5.74) is 2.07. The molecule has 0 atom stereocenters. The molecule has 0 aliphatic heterocycles. The van der Waals surface area contributed by atoms with E-state index in [1.807, 2.05) is 0 Å². The first-order valence-electron chi connectivity index (χ1n) is 5.84. The van der Waals surface area contributed by atoms with Crippen LogP contribution in [0.4, 0.5) is 4.39 Å². The van der Waals surface area contributed by atoms with Crippen molar-refractivity contribution in [3.05, 3.63) is 46.5 Å². The molecular formula is C14H15FN2O2. The van der Waals surface area contributed by atoms with Gasteiger partial charge in [-0.2, -0.15) is 5.10 Å². The Labute approximate surface area is 110 Å². The first kappa shape index (κ1) is 13.3. The number of carbonyl (C=O) groups is 1. The van der Waals surface area contributed by atoms with Crippen molar-refractivity contribution in [1.29, 1.82) is 0 Å². The lowest BCUT2D eigenvalue weighted by Gasteiger charge is -2.08. The van der Waals surface area contributed by atoms with E-state index in [0.717, 1.165) is 5.69 Å². The summed E-state index contributed by atoms with van der Waals surface area (Å²) in [5.74, 6) is -0.392. The van der Waals surface area contributed by atoms with Crippen LogP contribution in [-0.2, 0) is 7.05 Å². The van der Waals surface area contributed by atoms with E-state index in [0.29, 0.717) is 17.0 Å². The first-order chi connectivity index (χ1) is 8.95. The second-order valence-corrected chi connectivity index (χ2v) is 4.34. The Balaban J connectivity index is 2.59. The minimum atomic E-state index is -0.469. The summed E-state index contributed by atoms with van der Waals surface area (Å²) in [5, 5.41) is 4.20. The molecule has 1 heterocycles. The van der Waals surface area contributed by atoms with Gasteiger partial charge in [-0.3, -0.25) is 9.48 Å². The summed E-state index contributed by atoms with van der Waals surface area (Å²) in [7, 11) is 3.22. The lowest BCUT2D eigenvalue weighted by Crippen LogP contribution is -2.07. The number of nitrogens with zero attached hydrogens (tertiary/aromatic N) is 2. The number of ether oxygens (including phenoxy) is 1. The number of carbonyl (C=O) groups excluding carboxylic acids is 1. The third-order valence-electron chi connectivity index (χ3n) is 3.14. The Morgan fingerprint density at radius 3 is 2.58 bits per heavy atom. The van der Waals surface area contributed by atoms with E-state index in [9.17, 15) is 9.18 Å². The summed E-state index contributed by atoms with van der Waals surface area (Å²) in [6.45, 7) is 3.56. The number of aryl methyl sites for hydroxylation is 2. The quantitative estimate of drug-likeness (QED) is 0.798. The third-order valence-corrected chi connectivity index (χ3v) is 3.14. The fraction of sp³-hybridized carbons (Fsp3) is 0.286. The van der Waals surface area contributed by atoms with Crippen LogP contribution in [0.15, 0.2) is 18.2 Å². The number of hydrogen-bond donors (Lipinski definition) is 0. The summed E-state index contributed by atoms with van der Waals surface area (Å²) in [6.07, 6.45) is 0. The number of ketones is 1. The number of methoxy groups -OCH3 is 1. The molecule has 0 bridgehead atoms. The summed E-state index contributed by atoms with van der Waals surface area (Å²) < 4.78 is 20.1. The molecule has 0 N–H and O–H groups in total. The summed E-state index contributed by atoms with van der Waals surface area (Å²) in [6, 6.07) is 3.90. The van der Waals surface area contributed by atoms with Gasteiger partial charge in [0.15, 0.2) is 0 Å². The highest BCUT2D eigenvalue weighted by molar-refractivity contribution is 6.12. The number of hydrogen-bond acceptors (Lipinski definition) is 3. The normalized spacial score (nSPS) is 10.6. The maximum atomic E-state index is 13.3. The zero-order valence-corrected chi connectivity index (χ0v) is 11.3. The van der Waals surface area contributed by atoms with Crippen LogP contribution in [-0.4, -0.2) is 22.7 Å². The standard InChI is InChI=1S/C14H15FN2O2/c1-8-13(9(2)17(3)16-8)14(18)11-7-10(15)5-6-12(11)19-4/h5-7H,1-4H3. The average molecular weight is 262 g/mol. The molecule has 1 aromatic heterocycles. The molecule has 0 unspecified atom stereocenters. The molecule has 0 radical (unpaired) electrons. The zero-order chi connectivity index (χ0) is 14.2. The molecule has 5 heteroatoms. The average Bonchev–Trinajstić information content (AvgIpc) is 2.62. The second-order valence-electron chi connectivity index (χ2n) is 4.34. The Hall–Kier alpha value is -2.17. The van der Waals surface area contributed by atoms with Crippen molar-refractivity contribution in [3.8, 4) is 5.75 Å². The lowest BCUT2D eigenvalue weighted by molar-refractivity contribution is 0.103. The van der Waals surface area contributed by atoms with Gasteiger partial charge in [0, 0.05) is 12.7 Å². The number of aromatic nitrogens is 2. The molecule has 0 aliphatic rings. The van der Waals surface area contributed by atoms with Crippen molar-refractivity contribution in [3.63, 3.8) is 0 Å². The predicted octanol–water partition coefficient (Wildman–Crippen LogP) is 2.42. The first-order valence-corrected chi connectivity index (χ1v) is 5.84. The molecule has 2 rings (SSSR count). The van der Waals surface area contributed by atoms with Gasteiger partial charge in [0.1, 0.15) is 11.6 Å². The molecule has 0 fully saturated rings. The van der Waals surface area contributed by atoms with Gasteiger partial charge in [0.25, 0.3) is 0 Å². The highest BCUT2D eigenvalue weighted by atomic mass is 19.1. The molecule has 2 aromatic rings. The van der Waals surface area contributed by atoms with Crippen LogP contribution in [0.1, 0.15) is 27.3 Å². The van der Waals surface area contributed by atoms with Crippen molar-refractivity contribution in [2.24, 2.45) is 7.05 Å². The van der Waals surface area contributed by atoms with E-state index in [2.05, 4.69) is 5.10 Å². The van der Waals surface area contributed by atoms with Gasteiger partial charge in [-0.15, -0.1) is 0 Å². The monoisotopic (exact) mass is 262 g/mol. The minimum Gasteiger partial charge on any atom is -0.496 e. The molecule has 0 spiro atoms. The van der Waals surface area contributed by atoms with Crippen LogP contribution < -0.4 is 4.74 Å². The second kappa shape index (κ2) is 4.84. The van der Waals surface area contributed by atoms with Crippen LogP contribution in [0, 0.1) is 19.7 Å². The van der Waals surface area contributed by atoms with Crippen molar-refractivity contribution in [2.45, 2.75) is 13.8 Å². The molecule has 0 saturated carbocycles. The molecule has 4 nitrogen and oxygen atoms in total. The van der Waals surface area contributed by atoms with Crippen LogP contribution in [0.3, 0.4) is 0 Å². The Morgan fingerprint density at radius 2 is 2.05 bits per heavy atom. The van der Waals surface area contributed by atoms with Crippen molar-refractivity contribution < 1.29 is 13.9 Å².